The number of aliphatic hydroxyl groups is 2. The fourth-order valence-corrected chi connectivity index (χ4v) is 3.87. The Morgan fingerprint density at radius 2 is 1.29 bits per heavy atom. The van der Waals surface area contributed by atoms with Gasteiger partial charge >= 0.3 is 0 Å². The fraction of sp³-hybridized carbons (Fsp3) is 0.400. The van der Waals surface area contributed by atoms with Crippen LogP contribution in [0, 0.1) is 0 Å². The largest absolute Gasteiger partial charge is 0.388 e. The van der Waals surface area contributed by atoms with Crippen LogP contribution < -0.4 is 0 Å². The number of hydrogen-bond acceptors (Lipinski definition) is 6. The highest BCUT2D eigenvalue weighted by molar-refractivity contribution is 6.22. The molecule has 6 atom stereocenters. The number of hydrogen-bond donors (Lipinski definition) is 2. The van der Waals surface area contributed by atoms with E-state index >= 15 is 0 Å². The summed E-state index contributed by atoms with van der Waals surface area (Å²) in [4.78, 5) is 0. The second kappa shape index (κ2) is 7.89. The summed E-state index contributed by atoms with van der Waals surface area (Å²) in [7, 11) is 0. The van der Waals surface area contributed by atoms with E-state index in [1.807, 2.05) is 12.1 Å². The Kier molecular flexibility index (Phi) is 5.66. The SMILES string of the molecule is O[C@H]1[C@@H]2OC(Cl)(c3ccccc3)O[C@@H]2COC(Cl)(c2ccccc2)OC[C@@H]1O. The Morgan fingerprint density at radius 1 is 0.750 bits per heavy atom. The summed E-state index contributed by atoms with van der Waals surface area (Å²) in [6.45, 7) is -0.346. The van der Waals surface area contributed by atoms with Gasteiger partial charge in [-0.3, -0.25) is 0 Å². The highest BCUT2D eigenvalue weighted by Crippen LogP contribution is 2.44. The van der Waals surface area contributed by atoms with Crippen LogP contribution in [0.4, 0.5) is 0 Å². The summed E-state index contributed by atoms with van der Waals surface area (Å²) in [5.41, 5.74) is 1.12. The van der Waals surface area contributed by atoms with Crippen LogP contribution in [-0.4, -0.2) is 47.8 Å². The molecular formula is C20H20Cl2O6. The molecule has 4 rings (SSSR count). The molecule has 2 fully saturated rings. The highest BCUT2D eigenvalue weighted by atomic mass is 35.5. The normalized spacial score (nSPS) is 38.9. The lowest BCUT2D eigenvalue weighted by molar-refractivity contribution is -0.215. The summed E-state index contributed by atoms with van der Waals surface area (Å²) < 4.78 is 23.2. The predicted molar refractivity (Wildman–Crippen MR) is 102 cm³/mol. The molecule has 0 aliphatic carbocycles. The minimum absolute atomic E-state index is 0.0753. The number of halogens is 2. The van der Waals surface area contributed by atoms with Crippen molar-refractivity contribution in [3.8, 4) is 0 Å². The van der Waals surface area contributed by atoms with Crippen LogP contribution in [-0.2, 0) is 29.4 Å². The average Bonchev–Trinajstić information content (AvgIpc) is 3.10. The molecule has 0 spiro atoms. The molecule has 2 saturated heterocycles. The Balaban J connectivity index is 1.62. The van der Waals surface area contributed by atoms with Crippen LogP contribution >= 0.6 is 23.2 Å². The molecule has 0 saturated carbocycles. The van der Waals surface area contributed by atoms with E-state index in [4.69, 9.17) is 42.1 Å². The third-order valence-corrected chi connectivity index (χ3v) is 5.63. The topological polar surface area (TPSA) is 77.4 Å². The molecule has 6 nitrogen and oxygen atoms in total. The van der Waals surface area contributed by atoms with Gasteiger partial charge in [0.15, 0.2) is 0 Å². The molecule has 150 valence electrons. The molecule has 8 heteroatoms. The van der Waals surface area contributed by atoms with E-state index in [0.29, 0.717) is 11.1 Å². The van der Waals surface area contributed by atoms with E-state index in [9.17, 15) is 10.2 Å². The standard InChI is InChI=1S/C20H20Cl2O6/c21-19(13-7-3-1-4-8-13)25-11-15(23)17(24)18-16(12-26-19)27-20(22,28-18)14-9-5-2-6-10-14/h1-10,15-18,23-24H,11-12H2/t15-,16+,17+,18+,19?,20?/m0/s1. The molecule has 0 amide bonds. The summed E-state index contributed by atoms with van der Waals surface area (Å²) in [5.74, 6) is 0. The van der Waals surface area contributed by atoms with E-state index < -0.39 is 34.9 Å². The lowest BCUT2D eigenvalue weighted by Crippen LogP contribution is -2.45. The van der Waals surface area contributed by atoms with Crippen molar-refractivity contribution in [1.29, 1.82) is 0 Å². The summed E-state index contributed by atoms with van der Waals surface area (Å²) in [5, 5.41) is 17.8. The fourth-order valence-electron chi connectivity index (χ4n) is 3.28. The first kappa shape index (κ1) is 20.1. The number of benzene rings is 2. The van der Waals surface area contributed by atoms with Crippen molar-refractivity contribution in [2.75, 3.05) is 13.2 Å². The van der Waals surface area contributed by atoms with Gasteiger partial charge in [-0.1, -0.05) is 83.9 Å². The van der Waals surface area contributed by atoms with Crippen molar-refractivity contribution in [2.24, 2.45) is 0 Å². The molecule has 0 aromatic heterocycles. The molecule has 2 heterocycles. The molecule has 0 radical (unpaired) electrons. The molecule has 2 aliphatic heterocycles. The van der Waals surface area contributed by atoms with Gasteiger partial charge in [0, 0.05) is 11.1 Å². The quantitative estimate of drug-likeness (QED) is 0.718. The van der Waals surface area contributed by atoms with Gasteiger partial charge in [0.25, 0.3) is 10.5 Å². The maximum atomic E-state index is 10.6. The molecule has 2 unspecified atom stereocenters. The molecule has 28 heavy (non-hydrogen) atoms. The minimum Gasteiger partial charge on any atom is -0.388 e. The second-order valence-corrected chi connectivity index (χ2v) is 7.72. The Labute approximate surface area is 172 Å². The molecular weight excluding hydrogens is 407 g/mol. The molecule has 2 N–H and O–H groups in total. The molecule has 0 bridgehead atoms. The zero-order chi connectivity index (χ0) is 19.8. The van der Waals surface area contributed by atoms with E-state index in [0.717, 1.165) is 0 Å². The molecule has 2 aromatic rings. The van der Waals surface area contributed by atoms with Crippen molar-refractivity contribution in [2.45, 2.75) is 34.9 Å². The first-order valence-corrected chi connectivity index (χ1v) is 9.65. The Morgan fingerprint density at radius 3 is 1.89 bits per heavy atom. The maximum absolute atomic E-state index is 10.6. The smallest absolute Gasteiger partial charge is 0.277 e. The Hall–Kier alpha value is -1.22. The van der Waals surface area contributed by atoms with Gasteiger partial charge in [-0.15, -0.1) is 0 Å². The van der Waals surface area contributed by atoms with E-state index in [2.05, 4.69) is 0 Å². The van der Waals surface area contributed by atoms with Crippen molar-refractivity contribution in [3.63, 3.8) is 0 Å². The number of fused-ring (bicyclic) bond motifs is 1. The predicted octanol–water partition coefficient (Wildman–Crippen LogP) is 2.64. The van der Waals surface area contributed by atoms with Gasteiger partial charge in [-0.05, 0) is 0 Å². The van der Waals surface area contributed by atoms with Gasteiger partial charge in [-0.25, -0.2) is 0 Å². The van der Waals surface area contributed by atoms with Gasteiger partial charge in [-0.2, -0.15) is 0 Å². The lowest BCUT2D eigenvalue weighted by atomic mass is 10.0. The first-order valence-electron chi connectivity index (χ1n) is 8.90. The van der Waals surface area contributed by atoms with Gasteiger partial charge < -0.3 is 29.2 Å². The van der Waals surface area contributed by atoms with E-state index in [1.54, 1.807) is 48.5 Å². The van der Waals surface area contributed by atoms with Crippen molar-refractivity contribution in [1.82, 2.24) is 0 Å². The van der Waals surface area contributed by atoms with Crippen molar-refractivity contribution in [3.05, 3.63) is 71.8 Å². The van der Waals surface area contributed by atoms with Gasteiger partial charge in [0.2, 0.25) is 0 Å². The van der Waals surface area contributed by atoms with Crippen LogP contribution in [0.25, 0.3) is 0 Å². The first-order chi connectivity index (χ1) is 13.4. The monoisotopic (exact) mass is 426 g/mol. The number of alkyl halides is 2. The zero-order valence-electron chi connectivity index (χ0n) is 14.8. The van der Waals surface area contributed by atoms with Crippen molar-refractivity contribution >= 4 is 23.2 Å². The maximum Gasteiger partial charge on any atom is 0.277 e. The summed E-state index contributed by atoms with van der Waals surface area (Å²) >= 11 is 13.1. The molecule has 2 aromatic carbocycles. The Bertz CT molecular complexity index is 794. The average molecular weight is 427 g/mol. The van der Waals surface area contributed by atoms with Crippen LogP contribution in [0.1, 0.15) is 11.1 Å². The summed E-state index contributed by atoms with van der Waals surface area (Å²) in [6, 6.07) is 17.8. The third-order valence-electron chi connectivity index (χ3n) is 4.80. The lowest BCUT2D eigenvalue weighted by Gasteiger charge is -2.29. The zero-order valence-corrected chi connectivity index (χ0v) is 16.3. The van der Waals surface area contributed by atoms with Gasteiger partial charge in [0.1, 0.15) is 24.4 Å². The second-order valence-electron chi connectivity index (χ2n) is 6.72. The van der Waals surface area contributed by atoms with Crippen LogP contribution in [0.3, 0.4) is 0 Å². The third kappa shape index (κ3) is 3.79. The number of aliphatic hydroxyl groups excluding tert-OH is 2. The highest BCUT2D eigenvalue weighted by Gasteiger charge is 2.53. The number of ether oxygens (including phenoxy) is 4. The van der Waals surface area contributed by atoms with Gasteiger partial charge in [0.05, 0.1) is 13.2 Å². The van der Waals surface area contributed by atoms with E-state index in [1.165, 1.54) is 0 Å². The van der Waals surface area contributed by atoms with Crippen LogP contribution in [0.15, 0.2) is 60.7 Å². The van der Waals surface area contributed by atoms with Crippen LogP contribution in [0.2, 0.25) is 0 Å². The number of rotatable bonds is 2. The molecule has 2 aliphatic rings. The minimum atomic E-state index is -1.65. The van der Waals surface area contributed by atoms with Crippen LogP contribution in [0.5, 0.6) is 0 Å². The summed E-state index contributed by atoms with van der Waals surface area (Å²) in [6.07, 6.45) is -4.32. The van der Waals surface area contributed by atoms with Crippen molar-refractivity contribution < 1.29 is 29.2 Å². The van der Waals surface area contributed by atoms with E-state index in [-0.39, 0.29) is 13.2 Å².